The second-order valence-corrected chi connectivity index (χ2v) is 13.7. The summed E-state index contributed by atoms with van der Waals surface area (Å²) in [5, 5.41) is 2.12. The van der Waals surface area contributed by atoms with Gasteiger partial charge in [0.25, 0.3) is 0 Å². The van der Waals surface area contributed by atoms with E-state index in [4.69, 9.17) is 19.9 Å². The Morgan fingerprint density at radius 2 is 0.839 bits per heavy atom. The van der Waals surface area contributed by atoms with E-state index in [1.165, 1.54) is 0 Å². The first-order chi connectivity index (χ1) is 27.7. The molecule has 10 rings (SSSR count). The number of hydrogen-bond donors (Lipinski definition) is 0. The number of rotatable bonds is 7. The van der Waals surface area contributed by atoms with Gasteiger partial charge in [-0.2, -0.15) is 0 Å². The molecule has 0 atom stereocenters. The van der Waals surface area contributed by atoms with Crippen LogP contribution in [0.1, 0.15) is 0 Å². The Morgan fingerprint density at radius 1 is 0.304 bits per heavy atom. The molecule has 0 saturated heterocycles. The van der Waals surface area contributed by atoms with Crippen molar-refractivity contribution in [1.29, 1.82) is 0 Å². The lowest BCUT2D eigenvalue weighted by molar-refractivity contribution is 1.18. The Bertz CT molecular complexity index is 2950. The number of hydrogen-bond acceptors (Lipinski definition) is 5. The maximum absolute atomic E-state index is 5.38. The third-order valence-corrected chi connectivity index (χ3v) is 10.2. The van der Waals surface area contributed by atoms with E-state index < -0.39 is 0 Å². The van der Waals surface area contributed by atoms with Crippen molar-refractivity contribution in [2.24, 2.45) is 0 Å². The lowest BCUT2D eigenvalue weighted by Gasteiger charge is -2.14. The van der Waals surface area contributed by atoms with Gasteiger partial charge in [-0.3, -0.25) is 4.98 Å². The molecule has 262 valence electrons. The molecule has 0 aliphatic rings. The minimum absolute atomic E-state index is 0.654. The average Bonchev–Trinajstić information content (AvgIpc) is 3.29. The molecule has 0 spiro atoms. The molecule has 0 fully saturated rings. The van der Waals surface area contributed by atoms with Crippen molar-refractivity contribution in [3.8, 4) is 78.7 Å². The first-order valence-electron chi connectivity index (χ1n) is 18.7. The summed E-state index contributed by atoms with van der Waals surface area (Å²) < 4.78 is 0. The fourth-order valence-corrected chi connectivity index (χ4v) is 7.34. The Kier molecular flexibility index (Phi) is 8.43. The lowest BCUT2D eigenvalue weighted by atomic mass is 9.95. The standard InChI is InChI=1S/C51H33N5/c1-4-13-34(14-5-1)44-31-46(54-50-43(44)26-24-37-25-27-45(53-49(37)50)35-15-6-2-7-16-35)40-21-10-19-38(29-40)39-20-11-22-41(30-39)51-55-47(36-17-8-3-9-18-36)32-48(56-51)42-23-12-28-52-33-42/h1-33H. The molecule has 4 aromatic heterocycles. The topological polar surface area (TPSA) is 64.5 Å². The largest absolute Gasteiger partial charge is 0.264 e. The molecule has 0 saturated carbocycles. The van der Waals surface area contributed by atoms with Gasteiger partial charge in [0.15, 0.2) is 5.82 Å². The van der Waals surface area contributed by atoms with Crippen LogP contribution in [0.4, 0.5) is 0 Å². The maximum Gasteiger partial charge on any atom is 0.160 e. The van der Waals surface area contributed by atoms with E-state index in [0.717, 1.165) is 94.7 Å². The third kappa shape index (κ3) is 6.37. The van der Waals surface area contributed by atoms with Crippen molar-refractivity contribution < 1.29 is 0 Å². The zero-order valence-electron chi connectivity index (χ0n) is 30.3. The summed E-state index contributed by atoms with van der Waals surface area (Å²) in [5.41, 5.74) is 14.6. The van der Waals surface area contributed by atoms with Crippen molar-refractivity contribution in [1.82, 2.24) is 24.9 Å². The summed E-state index contributed by atoms with van der Waals surface area (Å²) in [5.74, 6) is 0.654. The van der Waals surface area contributed by atoms with Gasteiger partial charge in [0.1, 0.15) is 0 Å². The van der Waals surface area contributed by atoms with Gasteiger partial charge in [-0.15, -0.1) is 0 Å². The second-order valence-electron chi connectivity index (χ2n) is 13.7. The van der Waals surface area contributed by atoms with Crippen LogP contribution >= 0.6 is 0 Å². The van der Waals surface area contributed by atoms with E-state index in [0.29, 0.717) is 5.82 Å². The van der Waals surface area contributed by atoms with Gasteiger partial charge in [-0.05, 0) is 64.7 Å². The highest BCUT2D eigenvalue weighted by molar-refractivity contribution is 6.09. The van der Waals surface area contributed by atoms with Crippen LogP contribution in [-0.4, -0.2) is 24.9 Å². The highest BCUT2D eigenvalue weighted by Gasteiger charge is 2.16. The molecule has 5 heteroatoms. The summed E-state index contributed by atoms with van der Waals surface area (Å²) >= 11 is 0. The first kappa shape index (κ1) is 33.0. The van der Waals surface area contributed by atoms with E-state index in [-0.39, 0.29) is 0 Å². The zero-order valence-corrected chi connectivity index (χ0v) is 30.3. The highest BCUT2D eigenvalue weighted by atomic mass is 14.9. The van der Waals surface area contributed by atoms with Gasteiger partial charge >= 0.3 is 0 Å². The molecule has 5 nitrogen and oxygen atoms in total. The summed E-state index contributed by atoms with van der Waals surface area (Å²) in [6, 6.07) is 64.9. The normalized spacial score (nSPS) is 11.2. The molecule has 0 unspecified atom stereocenters. The van der Waals surface area contributed by atoms with Crippen LogP contribution in [0.15, 0.2) is 200 Å². The number of benzene rings is 6. The van der Waals surface area contributed by atoms with Gasteiger partial charge in [0.05, 0.1) is 33.8 Å². The smallest absolute Gasteiger partial charge is 0.160 e. The summed E-state index contributed by atoms with van der Waals surface area (Å²) in [4.78, 5) is 25.1. The highest BCUT2D eigenvalue weighted by Crippen LogP contribution is 2.37. The predicted molar refractivity (Wildman–Crippen MR) is 228 cm³/mol. The van der Waals surface area contributed by atoms with Crippen molar-refractivity contribution in [2.75, 3.05) is 0 Å². The molecule has 56 heavy (non-hydrogen) atoms. The van der Waals surface area contributed by atoms with E-state index in [9.17, 15) is 0 Å². The molecule has 10 aromatic rings. The number of nitrogens with zero attached hydrogens (tertiary/aromatic N) is 5. The molecule has 0 aliphatic carbocycles. The Labute approximate surface area is 324 Å². The molecular weight excluding hydrogens is 683 g/mol. The second kappa shape index (κ2) is 14.3. The van der Waals surface area contributed by atoms with Crippen LogP contribution < -0.4 is 0 Å². The Morgan fingerprint density at radius 3 is 1.54 bits per heavy atom. The predicted octanol–water partition coefficient (Wildman–Crippen LogP) is 12.6. The van der Waals surface area contributed by atoms with E-state index in [2.05, 4.69) is 138 Å². The maximum atomic E-state index is 5.38. The fourth-order valence-electron chi connectivity index (χ4n) is 7.34. The van der Waals surface area contributed by atoms with Crippen LogP contribution in [0.2, 0.25) is 0 Å². The minimum Gasteiger partial charge on any atom is -0.264 e. The summed E-state index contributed by atoms with van der Waals surface area (Å²) in [6.45, 7) is 0. The molecular formula is C51H33N5. The van der Waals surface area contributed by atoms with Crippen LogP contribution in [-0.2, 0) is 0 Å². The molecule has 0 bridgehead atoms. The van der Waals surface area contributed by atoms with Crippen molar-refractivity contribution in [3.63, 3.8) is 0 Å². The quantitative estimate of drug-likeness (QED) is 0.154. The van der Waals surface area contributed by atoms with Crippen molar-refractivity contribution >= 4 is 21.8 Å². The van der Waals surface area contributed by atoms with Crippen LogP contribution in [0.25, 0.3) is 100 Å². The number of pyridine rings is 3. The molecule has 0 aliphatic heterocycles. The summed E-state index contributed by atoms with van der Waals surface area (Å²) in [6.07, 6.45) is 3.62. The van der Waals surface area contributed by atoms with Crippen LogP contribution in [0.3, 0.4) is 0 Å². The SMILES string of the molecule is c1ccc(-c2cc(-c3cccnc3)nc(-c3cccc(-c4cccc(-c5cc(-c6ccccc6)c6ccc7ccc(-c8ccccc8)nc7c6n5)c4)c3)n2)cc1. The van der Waals surface area contributed by atoms with Crippen LogP contribution in [0.5, 0.6) is 0 Å². The van der Waals surface area contributed by atoms with Gasteiger partial charge in [0, 0.05) is 51.0 Å². The molecule has 6 aromatic carbocycles. The first-order valence-corrected chi connectivity index (χ1v) is 18.7. The third-order valence-electron chi connectivity index (χ3n) is 10.2. The lowest BCUT2D eigenvalue weighted by Crippen LogP contribution is -1.96. The van der Waals surface area contributed by atoms with E-state index in [1.54, 1.807) is 6.20 Å². The van der Waals surface area contributed by atoms with Gasteiger partial charge in [-0.25, -0.2) is 19.9 Å². The number of aromatic nitrogens is 5. The summed E-state index contributed by atoms with van der Waals surface area (Å²) in [7, 11) is 0. The van der Waals surface area contributed by atoms with Crippen molar-refractivity contribution in [3.05, 3.63) is 200 Å². The van der Waals surface area contributed by atoms with Gasteiger partial charge < -0.3 is 0 Å². The molecule has 0 N–H and O–H groups in total. The van der Waals surface area contributed by atoms with Crippen LogP contribution in [0, 0.1) is 0 Å². The molecule has 0 radical (unpaired) electrons. The van der Waals surface area contributed by atoms with E-state index >= 15 is 0 Å². The van der Waals surface area contributed by atoms with E-state index in [1.807, 2.05) is 60.8 Å². The molecule has 4 heterocycles. The van der Waals surface area contributed by atoms with Gasteiger partial charge in [-0.1, -0.05) is 146 Å². The average molecular weight is 716 g/mol. The minimum atomic E-state index is 0.654. The van der Waals surface area contributed by atoms with Gasteiger partial charge in [0.2, 0.25) is 0 Å². The molecule has 0 amide bonds. The zero-order chi connectivity index (χ0) is 37.3. The Hall–Kier alpha value is -7.63. The monoisotopic (exact) mass is 715 g/mol. The van der Waals surface area contributed by atoms with Crippen molar-refractivity contribution in [2.45, 2.75) is 0 Å². The fraction of sp³-hybridized carbons (Fsp3) is 0. The number of fused-ring (bicyclic) bond motifs is 3. The Balaban J connectivity index is 1.10.